The maximum Gasteiger partial charge on any atom is 0.354 e. The number of aromatic nitrogens is 2. The van der Waals surface area contributed by atoms with Crippen LogP contribution in [0.5, 0.6) is 0 Å². The zero-order valence-corrected chi connectivity index (χ0v) is 13.6. The molecule has 0 spiro atoms. The molecule has 0 atom stereocenters. The molecule has 3 aromatic rings. The van der Waals surface area contributed by atoms with Crippen molar-refractivity contribution >= 4 is 28.7 Å². The van der Waals surface area contributed by atoms with E-state index in [0.29, 0.717) is 12.2 Å². The zero-order chi connectivity index (χ0) is 18.1. The second kappa shape index (κ2) is 6.40. The third-order valence-corrected chi connectivity index (χ3v) is 4.24. The number of halogens is 1. The van der Waals surface area contributed by atoms with Crippen molar-refractivity contribution in [1.82, 2.24) is 9.97 Å². The molecule has 0 fully saturated rings. The predicted octanol–water partition coefficient (Wildman–Crippen LogP) is 3.96. The van der Waals surface area contributed by atoms with E-state index < -0.39 is 4.92 Å². The number of para-hydroxylation sites is 1. The summed E-state index contributed by atoms with van der Waals surface area (Å²) >= 11 is 0. The Kier molecular flexibility index (Phi) is 3.92. The van der Waals surface area contributed by atoms with Gasteiger partial charge in [0.25, 0.3) is 0 Å². The van der Waals surface area contributed by atoms with Gasteiger partial charge in [0.05, 0.1) is 4.92 Å². The molecular weight excluding hydrogens is 337 g/mol. The normalized spacial score (nSPS) is 12.7. The summed E-state index contributed by atoms with van der Waals surface area (Å²) < 4.78 is 13.1. The van der Waals surface area contributed by atoms with Crippen LogP contribution in [-0.4, -0.2) is 21.4 Å². The van der Waals surface area contributed by atoms with Crippen molar-refractivity contribution in [2.75, 3.05) is 16.8 Å². The summed E-state index contributed by atoms with van der Waals surface area (Å²) in [5.74, 6) is -0.0855. The van der Waals surface area contributed by atoms with Crippen LogP contribution >= 0.6 is 0 Å². The SMILES string of the molecule is O=[N+]([O-])c1c(Nc2ccc(F)cc2)ncnc1N1CCc2ccccc21. The highest BCUT2D eigenvalue weighted by Gasteiger charge is 2.31. The van der Waals surface area contributed by atoms with E-state index in [1.807, 2.05) is 29.2 Å². The molecule has 1 aromatic heterocycles. The van der Waals surface area contributed by atoms with Gasteiger partial charge < -0.3 is 10.2 Å². The molecule has 0 unspecified atom stereocenters. The van der Waals surface area contributed by atoms with Gasteiger partial charge in [0.15, 0.2) is 0 Å². The molecular formula is C18H14FN5O2. The van der Waals surface area contributed by atoms with Gasteiger partial charge in [-0.15, -0.1) is 0 Å². The number of hydrogen-bond acceptors (Lipinski definition) is 6. The number of nitrogens with one attached hydrogen (secondary N) is 1. The van der Waals surface area contributed by atoms with Crippen molar-refractivity contribution in [1.29, 1.82) is 0 Å². The average molecular weight is 351 g/mol. The van der Waals surface area contributed by atoms with Gasteiger partial charge in [0, 0.05) is 17.9 Å². The lowest BCUT2D eigenvalue weighted by Crippen LogP contribution is -2.17. The third kappa shape index (κ3) is 2.81. The highest BCUT2D eigenvalue weighted by atomic mass is 19.1. The highest BCUT2D eigenvalue weighted by Crippen LogP contribution is 2.40. The Morgan fingerprint density at radius 1 is 1.12 bits per heavy atom. The quantitative estimate of drug-likeness (QED) is 0.566. The van der Waals surface area contributed by atoms with Gasteiger partial charge in [-0.25, -0.2) is 14.4 Å². The molecule has 7 nitrogen and oxygen atoms in total. The monoisotopic (exact) mass is 351 g/mol. The van der Waals surface area contributed by atoms with Crippen molar-refractivity contribution < 1.29 is 9.31 Å². The summed E-state index contributed by atoms with van der Waals surface area (Å²) in [6.07, 6.45) is 2.08. The minimum Gasteiger partial charge on any atom is -0.334 e. The van der Waals surface area contributed by atoms with E-state index in [4.69, 9.17) is 0 Å². The lowest BCUT2D eigenvalue weighted by molar-refractivity contribution is -0.383. The molecule has 0 radical (unpaired) electrons. The molecule has 1 aliphatic rings. The molecule has 26 heavy (non-hydrogen) atoms. The molecule has 130 valence electrons. The number of benzene rings is 2. The summed E-state index contributed by atoms with van der Waals surface area (Å²) in [6, 6.07) is 13.3. The summed E-state index contributed by atoms with van der Waals surface area (Å²) in [7, 11) is 0. The van der Waals surface area contributed by atoms with E-state index in [1.165, 1.54) is 30.6 Å². The van der Waals surface area contributed by atoms with E-state index in [9.17, 15) is 14.5 Å². The van der Waals surface area contributed by atoms with Crippen molar-refractivity contribution in [3.8, 4) is 0 Å². The number of hydrogen-bond donors (Lipinski definition) is 1. The standard InChI is InChI=1S/C18H14FN5O2/c19-13-5-7-14(8-6-13)22-17-16(24(25)26)18(21-11-20-17)23-10-9-12-3-1-2-4-15(12)23/h1-8,11H,9-10H2,(H,20,21,22). The van der Waals surface area contributed by atoms with Crippen LogP contribution in [0.2, 0.25) is 0 Å². The minimum atomic E-state index is -0.498. The highest BCUT2D eigenvalue weighted by molar-refractivity contribution is 5.80. The van der Waals surface area contributed by atoms with Crippen molar-refractivity contribution in [2.24, 2.45) is 0 Å². The number of fused-ring (bicyclic) bond motifs is 1. The second-order valence-corrected chi connectivity index (χ2v) is 5.81. The Morgan fingerprint density at radius 3 is 2.65 bits per heavy atom. The van der Waals surface area contributed by atoms with E-state index in [-0.39, 0.29) is 23.1 Å². The largest absolute Gasteiger partial charge is 0.354 e. The Balaban J connectivity index is 1.77. The van der Waals surface area contributed by atoms with Crippen LogP contribution in [0.25, 0.3) is 0 Å². The molecule has 4 rings (SSSR count). The predicted molar refractivity (Wildman–Crippen MR) is 95.5 cm³/mol. The molecule has 2 heterocycles. The van der Waals surface area contributed by atoms with Crippen molar-refractivity contribution in [3.05, 3.63) is 76.4 Å². The van der Waals surface area contributed by atoms with Crippen LogP contribution < -0.4 is 10.2 Å². The molecule has 0 bridgehead atoms. The van der Waals surface area contributed by atoms with Crippen LogP contribution in [-0.2, 0) is 6.42 Å². The number of nitrogens with zero attached hydrogens (tertiary/aromatic N) is 4. The Morgan fingerprint density at radius 2 is 1.88 bits per heavy atom. The first-order chi connectivity index (χ1) is 12.6. The lowest BCUT2D eigenvalue weighted by atomic mass is 10.2. The lowest BCUT2D eigenvalue weighted by Gasteiger charge is -2.19. The molecule has 1 N–H and O–H groups in total. The fraction of sp³-hybridized carbons (Fsp3) is 0.111. The average Bonchev–Trinajstić information content (AvgIpc) is 3.07. The van der Waals surface area contributed by atoms with Gasteiger partial charge in [0.1, 0.15) is 12.1 Å². The van der Waals surface area contributed by atoms with Crippen LogP contribution in [0.15, 0.2) is 54.9 Å². The Bertz CT molecular complexity index is 978. The van der Waals surface area contributed by atoms with Gasteiger partial charge in [-0.3, -0.25) is 10.1 Å². The van der Waals surface area contributed by atoms with Gasteiger partial charge in [-0.05, 0) is 42.3 Å². The third-order valence-electron chi connectivity index (χ3n) is 4.24. The number of rotatable bonds is 4. The van der Waals surface area contributed by atoms with E-state index in [1.54, 1.807) is 0 Å². The number of anilines is 4. The Labute approximate surface area is 148 Å². The smallest absolute Gasteiger partial charge is 0.334 e. The maximum absolute atomic E-state index is 13.1. The van der Waals surface area contributed by atoms with E-state index in [2.05, 4.69) is 15.3 Å². The molecule has 0 saturated heterocycles. The fourth-order valence-electron chi connectivity index (χ4n) is 3.05. The molecule has 0 aliphatic carbocycles. The first kappa shape index (κ1) is 15.9. The summed E-state index contributed by atoms with van der Waals surface area (Å²) in [4.78, 5) is 21.3. The van der Waals surface area contributed by atoms with E-state index >= 15 is 0 Å². The first-order valence-electron chi connectivity index (χ1n) is 8.01. The zero-order valence-electron chi connectivity index (χ0n) is 13.6. The maximum atomic E-state index is 13.1. The van der Waals surface area contributed by atoms with E-state index in [0.717, 1.165) is 17.7 Å². The van der Waals surface area contributed by atoms with Crippen molar-refractivity contribution in [2.45, 2.75) is 6.42 Å². The fourth-order valence-corrected chi connectivity index (χ4v) is 3.05. The first-order valence-corrected chi connectivity index (χ1v) is 8.01. The van der Waals surface area contributed by atoms with Crippen LogP contribution in [0, 0.1) is 15.9 Å². The van der Waals surface area contributed by atoms with Crippen LogP contribution in [0.3, 0.4) is 0 Å². The topological polar surface area (TPSA) is 84.2 Å². The molecule has 2 aromatic carbocycles. The van der Waals surface area contributed by atoms with Crippen LogP contribution in [0.1, 0.15) is 5.56 Å². The van der Waals surface area contributed by atoms with Gasteiger partial charge in [-0.1, -0.05) is 18.2 Å². The van der Waals surface area contributed by atoms with Gasteiger partial charge in [0.2, 0.25) is 11.6 Å². The molecule has 8 heteroatoms. The summed E-state index contributed by atoms with van der Waals surface area (Å²) in [6.45, 7) is 0.604. The minimum absolute atomic E-state index is 0.0657. The molecule has 0 amide bonds. The summed E-state index contributed by atoms with van der Waals surface area (Å²) in [5.41, 5.74) is 2.31. The molecule has 1 aliphatic heterocycles. The Hall–Kier alpha value is -3.55. The van der Waals surface area contributed by atoms with Gasteiger partial charge >= 0.3 is 5.69 Å². The van der Waals surface area contributed by atoms with Crippen LogP contribution in [0.4, 0.5) is 33.1 Å². The van der Waals surface area contributed by atoms with Crippen molar-refractivity contribution in [3.63, 3.8) is 0 Å². The molecule has 0 saturated carbocycles. The number of nitro groups is 1. The van der Waals surface area contributed by atoms with Gasteiger partial charge in [-0.2, -0.15) is 0 Å². The summed E-state index contributed by atoms with van der Waals surface area (Å²) in [5, 5.41) is 14.6. The second-order valence-electron chi connectivity index (χ2n) is 5.81.